The number of aromatic hydroxyl groups is 1. The number of hydrogen-bond acceptors (Lipinski definition) is 9. The number of nitrogens with one attached hydrogen (secondary N) is 3. The van der Waals surface area contributed by atoms with E-state index in [1.807, 2.05) is 6.26 Å². The molecular formula is C36H49ClN4O6S3. The topological polar surface area (TPSA) is 155 Å². The number of sulfone groups is 1. The number of hydrogen-bond donors (Lipinski definition) is 4. The van der Waals surface area contributed by atoms with Gasteiger partial charge in [-0.15, -0.1) is 11.8 Å². The van der Waals surface area contributed by atoms with Gasteiger partial charge in [-0.05, 0) is 56.4 Å². The molecule has 2 aromatic carbocycles. The van der Waals surface area contributed by atoms with Gasteiger partial charge in [-0.25, -0.2) is 13.4 Å². The van der Waals surface area contributed by atoms with Gasteiger partial charge in [-0.1, -0.05) is 101 Å². The standard InChI is InChI=1S/C36H49ClN4O6S3/c1-5-7-8-9-10-11-12-13-14-15-16-17-32(43)41-36-38-24(3)33(49-36)35(45)40-29-22-27(37)28(23-30(29)42)39-34(44)31(6-2)50(46,47)26-20-18-25(48-4)19-21-26/h18-23,31,42H,5-17H2,1-4H3,(H,39,44)(H,40,45)(H,38,41,43). The fourth-order valence-corrected chi connectivity index (χ4v) is 8.54. The van der Waals surface area contributed by atoms with Crippen molar-refractivity contribution in [1.29, 1.82) is 0 Å². The Morgan fingerprint density at radius 3 is 2.06 bits per heavy atom. The van der Waals surface area contributed by atoms with Crippen LogP contribution in [-0.4, -0.2) is 47.7 Å². The van der Waals surface area contributed by atoms with Gasteiger partial charge in [-0.2, -0.15) is 0 Å². The number of aryl methyl sites for hydroxylation is 1. The number of phenolic OH excluding ortho intramolecular Hbond substituents is 1. The molecule has 3 amide bonds. The van der Waals surface area contributed by atoms with E-state index in [1.165, 1.54) is 81.3 Å². The van der Waals surface area contributed by atoms with Crippen molar-refractivity contribution >= 4 is 78.8 Å². The lowest BCUT2D eigenvalue weighted by Crippen LogP contribution is -2.34. The number of halogens is 1. The van der Waals surface area contributed by atoms with E-state index in [9.17, 15) is 27.9 Å². The monoisotopic (exact) mass is 764 g/mol. The Bertz CT molecular complexity index is 1700. The minimum atomic E-state index is -4.01. The van der Waals surface area contributed by atoms with Crippen molar-refractivity contribution in [1.82, 2.24) is 4.98 Å². The lowest BCUT2D eigenvalue weighted by molar-refractivity contribution is -0.117. The molecule has 0 saturated heterocycles. The first kappa shape index (κ1) is 41.3. The van der Waals surface area contributed by atoms with Gasteiger partial charge in [0.05, 0.1) is 27.0 Å². The van der Waals surface area contributed by atoms with E-state index in [-0.39, 0.29) is 38.5 Å². The zero-order valence-electron chi connectivity index (χ0n) is 29.3. The van der Waals surface area contributed by atoms with Gasteiger partial charge in [0.1, 0.15) is 15.9 Å². The molecule has 4 N–H and O–H groups in total. The molecule has 3 rings (SSSR count). The van der Waals surface area contributed by atoms with Gasteiger partial charge in [-0.3, -0.25) is 14.4 Å². The number of nitrogens with zero attached hydrogens (tertiary/aromatic N) is 1. The molecular weight excluding hydrogens is 716 g/mol. The number of unbranched alkanes of at least 4 members (excludes halogenated alkanes) is 10. The van der Waals surface area contributed by atoms with Crippen molar-refractivity contribution in [2.24, 2.45) is 0 Å². The highest BCUT2D eigenvalue weighted by Crippen LogP contribution is 2.35. The number of thioether (sulfide) groups is 1. The fraction of sp³-hybridized carbons (Fsp3) is 0.500. The van der Waals surface area contributed by atoms with Crippen molar-refractivity contribution in [3.63, 3.8) is 0 Å². The molecule has 0 aliphatic carbocycles. The quantitative estimate of drug-likeness (QED) is 0.0475. The third-order valence-electron chi connectivity index (χ3n) is 8.27. The summed E-state index contributed by atoms with van der Waals surface area (Å²) in [5.41, 5.74) is 0.360. The van der Waals surface area contributed by atoms with Crippen LogP contribution in [0, 0.1) is 6.92 Å². The third kappa shape index (κ3) is 12.3. The highest BCUT2D eigenvalue weighted by atomic mass is 35.5. The van der Waals surface area contributed by atoms with Crippen LogP contribution in [0.4, 0.5) is 16.5 Å². The van der Waals surface area contributed by atoms with Gasteiger partial charge in [0.15, 0.2) is 15.0 Å². The van der Waals surface area contributed by atoms with Crippen molar-refractivity contribution < 1.29 is 27.9 Å². The first-order valence-electron chi connectivity index (χ1n) is 17.2. The van der Waals surface area contributed by atoms with E-state index < -0.39 is 32.7 Å². The molecule has 14 heteroatoms. The normalized spacial score (nSPS) is 12.0. The van der Waals surface area contributed by atoms with Crippen LogP contribution in [0.2, 0.25) is 5.02 Å². The molecule has 0 radical (unpaired) electrons. The van der Waals surface area contributed by atoms with Crippen molar-refractivity contribution in [3.8, 4) is 5.75 Å². The molecule has 1 atom stereocenters. The summed E-state index contributed by atoms with van der Waals surface area (Å²) in [7, 11) is -4.01. The van der Waals surface area contributed by atoms with E-state index in [4.69, 9.17) is 11.6 Å². The predicted octanol–water partition coefficient (Wildman–Crippen LogP) is 9.62. The van der Waals surface area contributed by atoms with Gasteiger partial charge in [0.25, 0.3) is 5.91 Å². The van der Waals surface area contributed by atoms with Crippen LogP contribution in [0.3, 0.4) is 0 Å². The summed E-state index contributed by atoms with van der Waals surface area (Å²) in [6.07, 6.45) is 15.4. The Morgan fingerprint density at radius 2 is 1.48 bits per heavy atom. The predicted molar refractivity (Wildman–Crippen MR) is 206 cm³/mol. The maximum absolute atomic E-state index is 13.2. The molecule has 1 heterocycles. The second-order valence-corrected chi connectivity index (χ2v) is 16.6. The maximum Gasteiger partial charge on any atom is 0.267 e. The zero-order valence-corrected chi connectivity index (χ0v) is 32.5. The van der Waals surface area contributed by atoms with E-state index in [2.05, 4.69) is 27.9 Å². The smallest absolute Gasteiger partial charge is 0.267 e. The molecule has 50 heavy (non-hydrogen) atoms. The largest absolute Gasteiger partial charge is 0.506 e. The average molecular weight is 765 g/mol. The number of amides is 3. The summed E-state index contributed by atoms with van der Waals surface area (Å²) in [4.78, 5) is 44.2. The fourth-order valence-electron chi connectivity index (χ4n) is 5.42. The van der Waals surface area contributed by atoms with Crippen LogP contribution in [-0.2, 0) is 19.4 Å². The lowest BCUT2D eigenvalue weighted by Gasteiger charge is -2.17. The van der Waals surface area contributed by atoms with Gasteiger partial charge in [0.2, 0.25) is 11.8 Å². The Balaban J connectivity index is 1.52. The van der Waals surface area contributed by atoms with Crippen LogP contribution in [0.1, 0.15) is 113 Å². The maximum atomic E-state index is 13.2. The number of phenols is 1. The molecule has 1 aromatic heterocycles. The molecule has 0 fully saturated rings. The number of anilines is 3. The van der Waals surface area contributed by atoms with Crippen molar-refractivity contribution in [3.05, 3.63) is 52.0 Å². The summed E-state index contributed by atoms with van der Waals surface area (Å²) in [6.45, 7) is 5.46. The number of carbonyl (C=O) groups excluding carboxylic acids is 3. The van der Waals surface area contributed by atoms with Crippen LogP contribution >= 0.6 is 34.7 Å². The third-order valence-corrected chi connectivity index (χ3v) is 12.6. The van der Waals surface area contributed by atoms with E-state index in [0.29, 0.717) is 17.2 Å². The first-order chi connectivity index (χ1) is 23.9. The highest BCUT2D eigenvalue weighted by molar-refractivity contribution is 7.98. The molecule has 274 valence electrons. The zero-order chi connectivity index (χ0) is 36.7. The minimum Gasteiger partial charge on any atom is -0.506 e. The Labute approximate surface area is 309 Å². The second-order valence-electron chi connectivity index (χ2n) is 12.2. The second kappa shape index (κ2) is 20.7. The first-order valence-corrected chi connectivity index (χ1v) is 21.2. The van der Waals surface area contributed by atoms with Gasteiger partial charge >= 0.3 is 0 Å². The molecule has 0 aliphatic heterocycles. The summed E-state index contributed by atoms with van der Waals surface area (Å²) in [6, 6.07) is 8.68. The van der Waals surface area contributed by atoms with Crippen LogP contribution in [0.5, 0.6) is 5.75 Å². The van der Waals surface area contributed by atoms with Crippen molar-refractivity contribution in [2.45, 2.75) is 119 Å². The molecule has 1 unspecified atom stereocenters. The molecule has 0 spiro atoms. The number of benzene rings is 2. The van der Waals surface area contributed by atoms with Gasteiger partial charge < -0.3 is 21.1 Å². The lowest BCUT2D eigenvalue weighted by atomic mass is 10.1. The Kier molecular flexibility index (Phi) is 17.1. The number of thiazole rings is 1. The highest BCUT2D eigenvalue weighted by Gasteiger charge is 2.33. The molecule has 0 bridgehead atoms. The Morgan fingerprint density at radius 1 is 0.880 bits per heavy atom. The minimum absolute atomic E-state index is 0.00614. The number of carbonyl (C=O) groups is 3. The molecule has 0 aliphatic rings. The number of rotatable bonds is 21. The van der Waals surface area contributed by atoms with Crippen LogP contribution in [0.15, 0.2) is 46.2 Å². The molecule has 0 saturated carbocycles. The average Bonchev–Trinajstić information content (AvgIpc) is 3.45. The summed E-state index contributed by atoms with van der Waals surface area (Å²) in [5.74, 6) is -1.93. The van der Waals surface area contributed by atoms with E-state index >= 15 is 0 Å². The van der Waals surface area contributed by atoms with Gasteiger partial charge in [0, 0.05) is 17.4 Å². The van der Waals surface area contributed by atoms with Crippen LogP contribution in [0.25, 0.3) is 0 Å². The number of aromatic nitrogens is 1. The van der Waals surface area contributed by atoms with E-state index in [0.717, 1.165) is 41.6 Å². The SMILES string of the molecule is CCCCCCCCCCCCCC(=O)Nc1nc(C)c(C(=O)Nc2cc(Cl)c(NC(=O)C(CC)S(=O)(=O)c3ccc(SC)cc3)cc2O)s1. The molecule has 3 aromatic rings. The van der Waals surface area contributed by atoms with Crippen molar-refractivity contribution in [2.75, 3.05) is 22.2 Å². The van der Waals surface area contributed by atoms with E-state index in [1.54, 1.807) is 26.0 Å². The summed E-state index contributed by atoms with van der Waals surface area (Å²) < 4.78 is 26.5. The summed E-state index contributed by atoms with van der Waals surface area (Å²) >= 11 is 8.89. The van der Waals surface area contributed by atoms with Crippen LogP contribution < -0.4 is 16.0 Å². The Hall–Kier alpha value is -3.13. The summed E-state index contributed by atoms with van der Waals surface area (Å²) in [5, 5.41) is 17.4. The molecule has 10 nitrogen and oxygen atoms in total.